The third-order valence-corrected chi connectivity index (χ3v) is 2.47. The first-order valence-corrected chi connectivity index (χ1v) is 5.36. The Morgan fingerprint density at radius 1 is 1.44 bits per heavy atom. The first kappa shape index (κ1) is 12.5. The van der Waals surface area contributed by atoms with Gasteiger partial charge in [-0.15, -0.1) is 0 Å². The summed E-state index contributed by atoms with van der Waals surface area (Å²) in [6, 6.07) is 7.47. The van der Waals surface area contributed by atoms with Crippen molar-refractivity contribution in [2.45, 2.75) is 20.0 Å². The number of carbonyl (C=O) groups excluding carboxylic acids is 1. The number of aliphatic hydroxyl groups excluding tert-OH is 1. The minimum absolute atomic E-state index is 0.213. The largest absolute Gasteiger partial charge is 0.389 e. The van der Waals surface area contributed by atoms with Crippen LogP contribution in [0.25, 0.3) is 0 Å². The molecular weight excluding hydrogens is 204 g/mol. The number of anilines is 1. The fourth-order valence-corrected chi connectivity index (χ4v) is 1.54. The molecule has 0 aliphatic rings. The number of nitrogens with zero attached hydrogens (tertiary/aromatic N) is 1. The Hall–Kier alpha value is -1.55. The van der Waals surface area contributed by atoms with Crippen molar-refractivity contribution in [1.29, 1.82) is 0 Å². The summed E-state index contributed by atoms with van der Waals surface area (Å²) < 4.78 is 0. The summed E-state index contributed by atoms with van der Waals surface area (Å²) in [5, 5.41) is 9.37. The topological polar surface area (TPSA) is 66.6 Å². The first-order chi connectivity index (χ1) is 7.54. The number of hydrogen-bond donors (Lipinski definition) is 2. The lowest BCUT2D eigenvalue weighted by Gasteiger charge is -2.21. The molecule has 3 N–H and O–H groups in total. The standard InChI is InChI=1S/C12H18N2O2/c1-3-14(8-12(13)16)11-6-4-10(5-7-11)9(2)15/h4-7,9,15H,3,8H2,1-2H3,(H2,13,16)/t9-/m1/s1. The number of nitrogens with two attached hydrogens (primary N) is 1. The minimum atomic E-state index is -0.472. The Labute approximate surface area is 95.7 Å². The molecular formula is C12H18N2O2. The summed E-state index contributed by atoms with van der Waals surface area (Å²) in [4.78, 5) is 12.7. The van der Waals surface area contributed by atoms with E-state index >= 15 is 0 Å². The molecule has 1 amide bonds. The number of amides is 1. The number of hydrogen-bond acceptors (Lipinski definition) is 3. The Kier molecular flexibility index (Phi) is 4.31. The molecule has 0 spiro atoms. The van der Waals surface area contributed by atoms with Crippen LogP contribution in [0, 0.1) is 0 Å². The molecule has 0 aliphatic heterocycles. The van der Waals surface area contributed by atoms with Crippen LogP contribution in [0.15, 0.2) is 24.3 Å². The monoisotopic (exact) mass is 222 g/mol. The van der Waals surface area contributed by atoms with E-state index in [1.54, 1.807) is 6.92 Å². The lowest BCUT2D eigenvalue weighted by Crippen LogP contribution is -2.33. The van der Waals surface area contributed by atoms with Gasteiger partial charge in [0, 0.05) is 12.2 Å². The Morgan fingerprint density at radius 3 is 2.38 bits per heavy atom. The van der Waals surface area contributed by atoms with Crippen LogP contribution < -0.4 is 10.6 Å². The van der Waals surface area contributed by atoms with Crippen LogP contribution in [0.1, 0.15) is 25.5 Å². The van der Waals surface area contributed by atoms with Gasteiger partial charge in [-0.05, 0) is 31.5 Å². The van der Waals surface area contributed by atoms with Crippen LogP contribution in [-0.4, -0.2) is 24.1 Å². The van der Waals surface area contributed by atoms with Gasteiger partial charge in [-0.25, -0.2) is 0 Å². The van der Waals surface area contributed by atoms with Gasteiger partial charge in [-0.2, -0.15) is 0 Å². The fourth-order valence-electron chi connectivity index (χ4n) is 1.54. The van der Waals surface area contributed by atoms with Crippen molar-refractivity contribution < 1.29 is 9.90 Å². The van der Waals surface area contributed by atoms with E-state index in [0.29, 0.717) is 0 Å². The molecule has 0 aromatic heterocycles. The molecule has 0 saturated carbocycles. The van der Waals surface area contributed by atoms with Crippen LogP contribution in [0.3, 0.4) is 0 Å². The smallest absolute Gasteiger partial charge is 0.236 e. The summed E-state index contributed by atoms with van der Waals surface area (Å²) >= 11 is 0. The zero-order valence-corrected chi connectivity index (χ0v) is 9.68. The number of rotatable bonds is 5. The predicted molar refractivity (Wildman–Crippen MR) is 64.2 cm³/mol. The summed E-state index contributed by atoms with van der Waals surface area (Å²) in [6.07, 6.45) is -0.472. The van der Waals surface area contributed by atoms with Crippen molar-refractivity contribution >= 4 is 11.6 Å². The van der Waals surface area contributed by atoms with Crippen LogP contribution >= 0.6 is 0 Å². The highest BCUT2D eigenvalue weighted by molar-refractivity contribution is 5.79. The lowest BCUT2D eigenvalue weighted by atomic mass is 10.1. The third-order valence-electron chi connectivity index (χ3n) is 2.47. The van der Waals surface area contributed by atoms with Gasteiger partial charge in [0.2, 0.25) is 5.91 Å². The Balaban J connectivity index is 2.82. The van der Waals surface area contributed by atoms with Gasteiger partial charge in [0.25, 0.3) is 0 Å². The SMILES string of the molecule is CCN(CC(N)=O)c1ccc([C@@H](C)O)cc1. The molecule has 4 nitrogen and oxygen atoms in total. The molecule has 1 aromatic rings. The van der Waals surface area contributed by atoms with Gasteiger partial charge in [-0.3, -0.25) is 4.79 Å². The van der Waals surface area contributed by atoms with Crippen LogP contribution in [0.4, 0.5) is 5.69 Å². The van der Waals surface area contributed by atoms with Gasteiger partial charge in [-0.1, -0.05) is 12.1 Å². The molecule has 1 atom stereocenters. The van der Waals surface area contributed by atoms with E-state index in [1.807, 2.05) is 36.1 Å². The van der Waals surface area contributed by atoms with Crippen molar-refractivity contribution in [3.05, 3.63) is 29.8 Å². The quantitative estimate of drug-likeness (QED) is 0.782. The van der Waals surface area contributed by atoms with E-state index in [1.165, 1.54) is 0 Å². The molecule has 1 aromatic carbocycles. The number of primary amides is 1. The van der Waals surface area contributed by atoms with Crippen LogP contribution in [0.5, 0.6) is 0 Å². The molecule has 0 saturated heterocycles. The zero-order valence-electron chi connectivity index (χ0n) is 9.68. The molecule has 88 valence electrons. The molecule has 0 bridgehead atoms. The van der Waals surface area contributed by atoms with Gasteiger partial charge in [0.1, 0.15) is 0 Å². The molecule has 0 fully saturated rings. The van der Waals surface area contributed by atoms with Crippen molar-refractivity contribution in [2.24, 2.45) is 5.73 Å². The number of carbonyl (C=O) groups is 1. The highest BCUT2D eigenvalue weighted by atomic mass is 16.3. The normalized spacial score (nSPS) is 12.2. The zero-order chi connectivity index (χ0) is 12.1. The minimum Gasteiger partial charge on any atom is -0.389 e. The number of aliphatic hydroxyl groups is 1. The lowest BCUT2D eigenvalue weighted by molar-refractivity contribution is -0.116. The summed E-state index contributed by atoms with van der Waals surface area (Å²) in [7, 11) is 0. The van der Waals surface area contributed by atoms with Crippen molar-refractivity contribution in [2.75, 3.05) is 18.0 Å². The molecule has 0 unspecified atom stereocenters. The second-order valence-electron chi connectivity index (χ2n) is 3.75. The van der Waals surface area contributed by atoms with Crippen molar-refractivity contribution in [3.8, 4) is 0 Å². The van der Waals surface area contributed by atoms with E-state index in [0.717, 1.165) is 17.8 Å². The van der Waals surface area contributed by atoms with E-state index in [9.17, 15) is 9.90 Å². The predicted octanol–water partition coefficient (Wildman–Crippen LogP) is 1.05. The first-order valence-electron chi connectivity index (χ1n) is 5.36. The molecule has 0 aliphatic carbocycles. The molecule has 0 radical (unpaired) electrons. The summed E-state index contributed by atoms with van der Waals surface area (Å²) in [5.41, 5.74) is 6.96. The summed E-state index contributed by atoms with van der Waals surface area (Å²) in [5.74, 6) is -0.346. The fraction of sp³-hybridized carbons (Fsp3) is 0.417. The maximum Gasteiger partial charge on any atom is 0.236 e. The third kappa shape index (κ3) is 3.24. The van der Waals surface area contributed by atoms with Crippen molar-refractivity contribution in [3.63, 3.8) is 0 Å². The molecule has 16 heavy (non-hydrogen) atoms. The number of benzene rings is 1. The number of likely N-dealkylation sites (N-methyl/N-ethyl adjacent to an activating group) is 1. The van der Waals surface area contributed by atoms with E-state index in [-0.39, 0.29) is 12.5 Å². The highest BCUT2D eigenvalue weighted by Crippen LogP contribution is 2.18. The highest BCUT2D eigenvalue weighted by Gasteiger charge is 2.07. The van der Waals surface area contributed by atoms with Gasteiger partial charge < -0.3 is 15.7 Å². The average molecular weight is 222 g/mol. The summed E-state index contributed by atoms with van der Waals surface area (Å²) in [6.45, 7) is 4.61. The molecule has 4 heteroatoms. The molecule has 1 rings (SSSR count). The van der Waals surface area contributed by atoms with Crippen LogP contribution in [0.2, 0.25) is 0 Å². The van der Waals surface area contributed by atoms with Gasteiger partial charge in [0.05, 0.1) is 12.6 Å². The van der Waals surface area contributed by atoms with E-state index < -0.39 is 6.10 Å². The molecule has 0 heterocycles. The average Bonchev–Trinajstić information content (AvgIpc) is 2.25. The Bertz CT molecular complexity index is 347. The maximum absolute atomic E-state index is 10.9. The van der Waals surface area contributed by atoms with Gasteiger partial charge in [0.15, 0.2) is 0 Å². The second-order valence-corrected chi connectivity index (χ2v) is 3.75. The van der Waals surface area contributed by atoms with Crippen LogP contribution in [-0.2, 0) is 4.79 Å². The van der Waals surface area contributed by atoms with E-state index in [4.69, 9.17) is 5.73 Å². The van der Waals surface area contributed by atoms with Crippen molar-refractivity contribution in [1.82, 2.24) is 0 Å². The second kappa shape index (κ2) is 5.51. The van der Waals surface area contributed by atoms with Gasteiger partial charge >= 0.3 is 0 Å². The van der Waals surface area contributed by atoms with E-state index in [2.05, 4.69) is 0 Å². The Morgan fingerprint density at radius 2 is 2.00 bits per heavy atom. The maximum atomic E-state index is 10.9.